The van der Waals surface area contributed by atoms with Crippen LogP contribution in [-0.4, -0.2) is 19.8 Å². The Balaban J connectivity index is 2.33. The quantitative estimate of drug-likeness (QED) is 0.836. The number of nitrogens with two attached hydrogens (primary N) is 1. The van der Waals surface area contributed by atoms with E-state index in [2.05, 4.69) is 15.9 Å². The molecule has 0 saturated carbocycles. The zero-order valence-electron chi connectivity index (χ0n) is 12.1. The van der Waals surface area contributed by atoms with E-state index in [1.165, 1.54) is 17.4 Å². The van der Waals surface area contributed by atoms with Crippen LogP contribution in [0.3, 0.4) is 0 Å². The molecule has 0 saturated heterocycles. The van der Waals surface area contributed by atoms with E-state index >= 15 is 0 Å². The number of aryl methyl sites for hydroxylation is 1. The standard InChI is InChI=1S/C14H17BrN2O3S/c1-9-6-12(7-13(16)10(9)2)21(18,19)17(3)8-11-4-5-14(15)20-11/h4-7H,8,16H2,1-3H3. The Morgan fingerprint density at radius 3 is 2.48 bits per heavy atom. The Bertz CT molecular complexity index is 745. The van der Waals surface area contributed by atoms with E-state index in [1.807, 2.05) is 13.8 Å². The summed E-state index contributed by atoms with van der Waals surface area (Å²) in [7, 11) is -2.10. The molecule has 0 aliphatic carbocycles. The zero-order valence-corrected chi connectivity index (χ0v) is 14.5. The van der Waals surface area contributed by atoms with Gasteiger partial charge in [0.25, 0.3) is 0 Å². The van der Waals surface area contributed by atoms with Crippen LogP contribution in [0.2, 0.25) is 0 Å². The molecule has 5 nitrogen and oxygen atoms in total. The maximum absolute atomic E-state index is 12.6. The SMILES string of the molecule is Cc1cc(S(=O)(=O)N(C)Cc2ccc(Br)o2)cc(N)c1C. The van der Waals surface area contributed by atoms with Crippen LogP contribution in [0.4, 0.5) is 5.69 Å². The number of benzene rings is 1. The van der Waals surface area contributed by atoms with Crippen molar-refractivity contribution in [2.45, 2.75) is 25.3 Å². The number of anilines is 1. The Morgan fingerprint density at radius 1 is 1.29 bits per heavy atom. The highest BCUT2D eigenvalue weighted by Gasteiger charge is 2.23. The summed E-state index contributed by atoms with van der Waals surface area (Å²) in [4.78, 5) is 0.191. The summed E-state index contributed by atoms with van der Waals surface area (Å²) in [5.74, 6) is 0.560. The molecule has 1 aromatic heterocycles. The number of hydrogen-bond donors (Lipinski definition) is 1. The van der Waals surface area contributed by atoms with Crippen LogP contribution in [0.15, 0.2) is 38.2 Å². The summed E-state index contributed by atoms with van der Waals surface area (Å²) < 4.78 is 32.3. The number of furan rings is 1. The molecule has 0 atom stereocenters. The molecular formula is C14H17BrN2O3S. The van der Waals surface area contributed by atoms with Gasteiger partial charge in [-0.1, -0.05) is 0 Å². The van der Waals surface area contributed by atoms with Gasteiger partial charge in [-0.2, -0.15) is 4.31 Å². The molecule has 1 aromatic carbocycles. The van der Waals surface area contributed by atoms with E-state index in [-0.39, 0.29) is 11.4 Å². The van der Waals surface area contributed by atoms with Gasteiger partial charge in [0.05, 0.1) is 11.4 Å². The Morgan fingerprint density at radius 2 is 1.95 bits per heavy atom. The Hall–Kier alpha value is -1.31. The normalized spacial score (nSPS) is 12.0. The summed E-state index contributed by atoms with van der Waals surface area (Å²) >= 11 is 3.19. The molecule has 2 N–H and O–H groups in total. The van der Waals surface area contributed by atoms with Gasteiger partial charge < -0.3 is 10.2 Å². The van der Waals surface area contributed by atoms with Crippen molar-refractivity contribution in [3.63, 3.8) is 0 Å². The lowest BCUT2D eigenvalue weighted by atomic mass is 10.1. The van der Waals surface area contributed by atoms with Crippen molar-refractivity contribution in [3.05, 3.63) is 45.8 Å². The van der Waals surface area contributed by atoms with Gasteiger partial charge in [0.15, 0.2) is 4.67 Å². The molecule has 0 bridgehead atoms. The summed E-state index contributed by atoms with van der Waals surface area (Å²) in [5.41, 5.74) is 8.09. The minimum Gasteiger partial charge on any atom is -0.453 e. The second-order valence-corrected chi connectivity index (χ2v) is 7.75. The first-order valence-corrected chi connectivity index (χ1v) is 8.52. The predicted octanol–water partition coefficient (Wildman–Crippen LogP) is 3.06. The molecule has 114 valence electrons. The van der Waals surface area contributed by atoms with Gasteiger partial charge in [-0.3, -0.25) is 0 Å². The summed E-state index contributed by atoms with van der Waals surface area (Å²) in [5, 5.41) is 0. The highest BCUT2D eigenvalue weighted by atomic mass is 79.9. The van der Waals surface area contributed by atoms with E-state index in [9.17, 15) is 8.42 Å². The van der Waals surface area contributed by atoms with Crippen molar-refractivity contribution < 1.29 is 12.8 Å². The Labute approximate surface area is 132 Å². The monoisotopic (exact) mass is 372 g/mol. The van der Waals surface area contributed by atoms with Gasteiger partial charge >= 0.3 is 0 Å². The number of nitrogen functional groups attached to an aromatic ring is 1. The third-order valence-corrected chi connectivity index (χ3v) is 5.60. The maximum Gasteiger partial charge on any atom is 0.243 e. The van der Waals surface area contributed by atoms with Gasteiger partial charge in [-0.15, -0.1) is 0 Å². The molecular weight excluding hydrogens is 356 g/mol. The molecule has 21 heavy (non-hydrogen) atoms. The average Bonchev–Trinajstić information content (AvgIpc) is 2.80. The van der Waals surface area contributed by atoms with Crippen LogP contribution in [0.1, 0.15) is 16.9 Å². The fraction of sp³-hybridized carbons (Fsp3) is 0.286. The molecule has 2 aromatic rings. The minimum atomic E-state index is -3.61. The second kappa shape index (κ2) is 5.82. The number of sulfonamides is 1. The zero-order chi connectivity index (χ0) is 15.8. The van der Waals surface area contributed by atoms with Gasteiger partial charge in [-0.25, -0.2) is 8.42 Å². The molecule has 0 amide bonds. The third kappa shape index (κ3) is 3.30. The molecule has 0 aliphatic rings. The number of hydrogen-bond acceptors (Lipinski definition) is 4. The lowest BCUT2D eigenvalue weighted by molar-refractivity contribution is 0.398. The molecule has 2 rings (SSSR count). The molecule has 1 heterocycles. The predicted molar refractivity (Wildman–Crippen MR) is 85.4 cm³/mol. The molecule has 0 fully saturated rings. The fourth-order valence-corrected chi connectivity index (χ4v) is 3.52. The summed E-state index contributed by atoms with van der Waals surface area (Å²) in [6.45, 7) is 3.86. The maximum atomic E-state index is 12.6. The summed E-state index contributed by atoms with van der Waals surface area (Å²) in [6.07, 6.45) is 0. The average molecular weight is 373 g/mol. The molecule has 0 unspecified atom stereocenters. The first-order chi connectivity index (χ1) is 9.71. The van der Waals surface area contributed by atoms with Crippen LogP contribution >= 0.6 is 15.9 Å². The first-order valence-electron chi connectivity index (χ1n) is 6.29. The Kier molecular flexibility index (Phi) is 4.46. The van der Waals surface area contributed by atoms with Crippen molar-refractivity contribution >= 4 is 31.6 Å². The van der Waals surface area contributed by atoms with E-state index in [1.54, 1.807) is 18.2 Å². The summed E-state index contributed by atoms with van der Waals surface area (Å²) in [6, 6.07) is 6.58. The molecule has 0 aliphatic heterocycles. The molecule has 0 spiro atoms. The topological polar surface area (TPSA) is 76.5 Å². The highest BCUT2D eigenvalue weighted by molar-refractivity contribution is 9.10. The van der Waals surface area contributed by atoms with Crippen molar-refractivity contribution in [1.29, 1.82) is 0 Å². The lowest BCUT2D eigenvalue weighted by Crippen LogP contribution is -2.26. The largest absolute Gasteiger partial charge is 0.453 e. The van der Waals surface area contributed by atoms with E-state index < -0.39 is 10.0 Å². The fourth-order valence-electron chi connectivity index (χ4n) is 1.92. The second-order valence-electron chi connectivity index (χ2n) is 4.92. The van der Waals surface area contributed by atoms with Gasteiger partial charge in [0.1, 0.15) is 5.76 Å². The van der Waals surface area contributed by atoms with Gasteiger partial charge in [0, 0.05) is 12.7 Å². The van der Waals surface area contributed by atoms with Crippen molar-refractivity contribution in [2.75, 3.05) is 12.8 Å². The van der Waals surface area contributed by atoms with Crippen LogP contribution in [0.5, 0.6) is 0 Å². The number of nitrogens with zero attached hydrogens (tertiary/aromatic N) is 1. The molecule has 0 radical (unpaired) electrons. The molecule has 7 heteroatoms. The van der Waals surface area contributed by atoms with Crippen molar-refractivity contribution in [2.24, 2.45) is 0 Å². The minimum absolute atomic E-state index is 0.154. The highest BCUT2D eigenvalue weighted by Crippen LogP contribution is 2.25. The third-order valence-electron chi connectivity index (χ3n) is 3.40. The van der Waals surface area contributed by atoms with E-state index in [4.69, 9.17) is 10.2 Å². The van der Waals surface area contributed by atoms with Gasteiger partial charge in [0.2, 0.25) is 10.0 Å². The number of rotatable bonds is 4. The van der Waals surface area contributed by atoms with Crippen molar-refractivity contribution in [3.8, 4) is 0 Å². The van der Waals surface area contributed by atoms with Crippen LogP contribution in [-0.2, 0) is 16.6 Å². The van der Waals surface area contributed by atoms with Crippen LogP contribution in [0.25, 0.3) is 0 Å². The van der Waals surface area contributed by atoms with Crippen LogP contribution < -0.4 is 5.73 Å². The first kappa shape index (κ1) is 16.1. The van der Waals surface area contributed by atoms with E-state index in [0.29, 0.717) is 16.1 Å². The van der Waals surface area contributed by atoms with Crippen molar-refractivity contribution in [1.82, 2.24) is 4.31 Å². The smallest absolute Gasteiger partial charge is 0.243 e. The van der Waals surface area contributed by atoms with Crippen LogP contribution in [0, 0.1) is 13.8 Å². The lowest BCUT2D eigenvalue weighted by Gasteiger charge is -2.17. The number of halogens is 1. The van der Waals surface area contributed by atoms with Gasteiger partial charge in [-0.05, 0) is 65.2 Å². The van der Waals surface area contributed by atoms with E-state index in [0.717, 1.165) is 11.1 Å².